The molecule has 0 radical (unpaired) electrons. The Kier molecular flexibility index (Phi) is 13.1. The molecular weight excluding hydrogens is 741 g/mol. The van der Waals surface area contributed by atoms with Gasteiger partial charge in [-0.1, -0.05) is 45.0 Å². The SMILES string of the molecule is COc1cc(N2CCC(OCC(=O)N[C@H](C(=O)N3C[C@H](O)C[C@H]3C(=O)NCc3cccc(C)c3C)C(C)(C)C)CC2)ccc1NC(=O)c1cccc(-c2ccn[nH]2)n1. The van der Waals surface area contributed by atoms with Crippen molar-refractivity contribution < 1.29 is 33.8 Å². The average Bonchev–Trinajstić information content (AvgIpc) is 3.90. The summed E-state index contributed by atoms with van der Waals surface area (Å²) in [6.45, 7) is 11.0. The number of aliphatic hydroxyl groups is 1. The predicted molar refractivity (Wildman–Crippen MR) is 219 cm³/mol. The molecule has 0 saturated carbocycles. The summed E-state index contributed by atoms with van der Waals surface area (Å²) in [5, 5.41) is 26.1. The number of benzene rings is 2. The van der Waals surface area contributed by atoms with Crippen LogP contribution in [0.25, 0.3) is 11.4 Å². The molecule has 2 aliphatic rings. The van der Waals surface area contributed by atoms with E-state index in [-0.39, 0.29) is 43.2 Å². The number of H-pyrrole nitrogens is 1. The molecule has 2 aromatic heterocycles. The summed E-state index contributed by atoms with van der Waals surface area (Å²) in [6.07, 6.45) is 2.04. The predicted octanol–water partition coefficient (Wildman–Crippen LogP) is 4.14. The van der Waals surface area contributed by atoms with Gasteiger partial charge >= 0.3 is 0 Å². The molecular formula is C43H54N8O7. The number of pyridine rings is 1. The third-order valence-electron chi connectivity index (χ3n) is 10.9. The molecule has 4 heterocycles. The van der Waals surface area contributed by atoms with E-state index in [4.69, 9.17) is 9.47 Å². The van der Waals surface area contributed by atoms with Crippen LogP contribution in [-0.4, -0.2) is 106 Å². The number of rotatable bonds is 13. The van der Waals surface area contributed by atoms with Gasteiger partial charge in [-0.25, -0.2) is 4.98 Å². The smallest absolute Gasteiger partial charge is 0.274 e. The van der Waals surface area contributed by atoms with Crippen molar-refractivity contribution in [3.05, 3.63) is 89.2 Å². The van der Waals surface area contributed by atoms with Crippen molar-refractivity contribution in [1.82, 2.24) is 30.7 Å². The minimum absolute atomic E-state index is 0.000376. The highest BCUT2D eigenvalue weighted by Gasteiger charge is 2.44. The lowest BCUT2D eigenvalue weighted by Gasteiger charge is -2.36. The van der Waals surface area contributed by atoms with Gasteiger partial charge in [0.1, 0.15) is 30.1 Å². The lowest BCUT2D eigenvalue weighted by atomic mass is 9.85. The normalized spacial score (nSPS) is 17.8. The zero-order valence-corrected chi connectivity index (χ0v) is 34.0. The lowest BCUT2D eigenvalue weighted by molar-refractivity contribution is -0.145. The first-order chi connectivity index (χ1) is 27.7. The summed E-state index contributed by atoms with van der Waals surface area (Å²) in [5.74, 6) is -1.08. The van der Waals surface area contributed by atoms with Crippen molar-refractivity contribution in [3.8, 4) is 17.1 Å². The number of hydrogen-bond donors (Lipinski definition) is 5. The van der Waals surface area contributed by atoms with E-state index < -0.39 is 35.4 Å². The van der Waals surface area contributed by atoms with Crippen LogP contribution in [0.4, 0.5) is 11.4 Å². The van der Waals surface area contributed by atoms with Crippen molar-refractivity contribution in [2.24, 2.45) is 5.41 Å². The highest BCUT2D eigenvalue weighted by molar-refractivity contribution is 6.04. The number of aryl methyl sites for hydroxylation is 1. The van der Waals surface area contributed by atoms with Crippen molar-refractivity contribution in [1.29, 1.82) is 0 Å². The van der Waals surface area contributed by atoms with Gasteiger partial charge in [-0.05, 0) is 79.1 Å². The van der Waals surface area contributed by atoms with E-state index in [1.807, 2.05) is 65.0 Å². The number of piperidine rings is 1. The summed E-state index contributed by atoms with van der Waals surface area (Å²) in [6, 6.07) is 16.7. The Bertz CT molecular complexity index is 2090. The molecule has 0 spiro atoms. The molecule has 3 atom stereocenters. The second kappa shape index (κ2) is 18.2. The molecule has 4 aromatic rings. The molecule has 2 aromatic carbocycles. The maximum Gasteiger partial charge on any atom is 0.274 e. The van der Waals surface area contributed by atoms with Gasteiger partial charge in [0.2, 0.25) is 17.7 Å². The first kappa shape index (κ1) is 41.8. The van der Waals surface area contributed by atoms with Crippen LogP contribution in [0.1, 0.15) is 67.2 Å². The van der Waals surface area contributed by atoms with E-state index >= 15 is 0 Å². The van der Waals surface area contributed by atoms with E-state index in [1.165, 1.54) is 4.90 Å². The molecule has 0 aliphatic carbocycles. The number of hydrogen-bond acceptors (Lipinski definition) is 10. The monoisotopic (exact) mass is 794 g/mol. The quantitative estimate of drug-likeness (QED) is 0.132. The molecule has 2 saturated heterocycles. The van der Waals surface area contributed by atoms with Crippen molar-refractivity contribution in [2.45, 2.75) is 84.7 Å². The van der Waals surface area contributed by atoms with Gasteiger partial charge in [0.05, 0.1) is 36.4 Å². The maximum atomic E-state index is 14.0. The summed E-state index contributed by atoms with van der Waals surface area (Å²) in [5.41, 5.74) is 5.48. The molecule has 2 fully saturated rings. The zero-order valence-electron chi connectivity index (χ0n) is 34.0. The van der Waals surface area contributed by atoms with E-state index in [0.717, 1.165) is 22.4 Å². The topological polar surface area (TPSA) is 191 Å². The molecule has 6 rings (SSSR count). The minimum atomic E-state index is -0.948. The number of amides is 4. The first-order valence-electron chi connectivity index (χ1n) is 19.6. The van der Waals surface area contributed by atoms with Gasteiger partial charge in [0.15, 0.2) is 0 Å². The molecule has 15 heteroatoms. The van der Waals surface area contributed by atoms with E-state index in [0.29, 0.717) is 55.3 Å². The van der Waals surface area contributed by atoms with Crippen molar-refractivity contribution in [3.63, 3.8) is 0 Å². The standard InChI is InChI=1S/C43H54N8O7/c1-26-9-7-10-28(27(26)2)23-44-41(55)36-22-30(52)24-51(36)42(56)39(43(3,4)5)48-38(53)25-58-31-16-19-50(20-17-31)29-13-14-34(37(21-29)57-6)47-40(54)35-12-8-11-32(46-35)33-15-18-45-49-33/h7-15,18,21,30-31,36,39,52H,16-17,19-20,22-25H2,1-6H3,(H,44,55)(H,45,49)(H,47,54)(H,48,53)/t30-,36+,39-/m1/s1. The van der Waals surface area contributed by atoms with Gasteiger partial charge in [-0.2, -0.15) is 5.10 Å². The summed E-state index contributed by atoms with van der Waals surface area (Å²) >= 11 is 0. The maximum absolute atomic E-state index is 14.0. The van der Waals surface area contributed by atoms with Crippen LogP contribution < -0.4 is 25.6 Å². The second-order valence-electron chi connectivity index (χ2n) is 16.1. The first-order valence-corrected chi connectivity index (χ1v) is 19.6. The average molecular weight is 795 g/mol. The number of anilines is 2. The Morgan fingerprint density at radius 1 is 1.02 bits per heavy atom. The largest absolute Gasteiger partial charge is 0.494 e. The fourth-order valence-corrected chi connectivity index (χ4v) is 7.38. The molecule has 5 N–H and O–H groups in total. The van der Waals surface area contributed by atoms with E-state index in [2.05, 4.69) is 36.0 Å². The third kappa shape index (κ3) is 10.0. The van der Waals surface area contributed by atoms with Crippen LogP contribution in [0, 0.1) is 19.3 Å². The van der Waals surface area contributed by atoms with Crippen LogP contribution in [0.3, 0.4) is 0 Å². The zero-order chi connectivity index (χ0) is 41.6. The van der Waals surface area contributed by atoms with Gasteiger partial charge in [0, 0.05) is 50.6 Å². The number of ether oxygens (including phenoxy) is 2. The number of methoxy groups -OCH3 is 1. The summed E-state index contributed by atoms with van der Waals surface area (Å²) < 4.78 is 11.7. The minimum Gasteiger partial charge on any atom is -0.494 e. The van der Waals surface area contributed by atoms with E-state index in [9.17, 15) is 24.3 Å². The van der Waals surface area contributed by atoms with Crippen LogP contribution in [0.5, 0.6) is 5.75 Å². The van der Waals surface area contributed by atoms with Gasteiger partial charge in [-0.15, -0.1) is 0 Å². The molecule has 4 amide bonds. The molecule has 58 heavy (non-hydrogen) atoms. The highest BCUT2D eigenvalue weighted by atomic mass is 16.5. The fraction of sp³-hybridized carbons (Fsp3) is 0.442. The number of likely N-dealkylation sites (tertiary alicyclic amines) is 1. The second-order valence-corrected chi connectivity index (χ2v) is 16.1. The Balaban J connectivity index is 0.995. The number of aromatic nitrogens is 3. The molecule has 308 valence electrons. The number of aromatic amines is 1. The lowest BCUT2D eigenvalue weighted by Crippen LogP contribution is -2.58. The van der Waals surface area contributed by atoms with Crippen LogP contribution >= 0.6 is 0 Å². The van der Waals surface area contributed by atoms with E-state index in [1.54, 1.807) is 43.6 Å². The van der Waals surface area contributed by atoms with Gasteiger partial charge in [0.25, 0.3) is 5.91 Å². The number of aliphatic hydroxyl groups excluding tert-OH is 1. The van der Waals surface area contributed by atoms with Crippen molar-refractivity contribution in [2.75, 3.05) is 43.6 Å². The third-order valence-corrected chi connectivity index (χ3v) is 10.9. The Morgan fingerprint density at radius 2 is 1.78 bits per heavy atom. The molecule has 0 unspecified atom stereocenters. The molecule has 0 bridgehead atoms. The highest BCUT2D eigenvalue weighted by Crippen LogP contribution is 2.32. The van der Waals surface area contributed by atoms with Gasteiger partial charge < -0.3 is 40.3 Å². The Labute approximate surface area is 338 Å². The summed E-state index contributed by atoms with van der Waals surface area (Å²) in [4.78, 5) is 61.8. The number of carbonyl (C=O) groups excluding carboxylic acids is 4. The van der Waals surface area contributed by atoms with Crippen molar-refractivity contribution >= 4 is 35.0 Å². The molecule has 2 aliphatic heterocycles. The Hall–Kier alpha value is -5.80. The van der Waals surface area contributed by atoms with Crippen LogP contribution in [0.15, 0.2) is 66.9 Å². The number of nitrogens with zero attached hydrogens (tertiary/aromatic N) is 4. The fourth-order valence-electron chi connectivity index (χ4n) is 7.38. The van der Waals surface area contributed by atoms with Crippen LogP contribution in [0.2, 0.25) is 0 Å². The van der Waals surface area contributed by atoms with Gasteiger partial charge in [-0.3, -0.25) is 24.3 Å². The number of carbonyl (C=O) groups is 4. The number of nitrogens with one attached hydrogen (secondary N) is 4. The van der Waals surface area contributed by atoms with Crippen LogP contribution in [-0.2, 0) is 25.7 Å². The summed E-state index contributed by atoms with van der Waals surface area (Å²) in [7, 11) is 1.55. The Morgan fingerprint density at radius 3 is 2.48 bits per heavy atom. The molecule has 15 nitrogen and oxygen atoms in total. The number of β-amino-alcohol motifs (C(OH)–C–C–N with tert-alkyl or cyclic N) is 1.